The molecule has 2 aromatic heterocycles. The molecule has 0 unspecified atom stereocenters. The van der Waals surface area contributed by atoms with Gasteiger partial charge in [-0.1, -0.05) is 11.2 Å². The van der Waals surface area contributed by atoms with E-state index in [1.165, 1.54) is 33.5 Å². The van der Waals surface area contributed by atoms with Crippen LogP contribution in [0.15, 0.2) is 52.0 Å². The Hall–Kier alpha value is -3.77. The van der Waals surface area contributed by atoms with Crippen LogP contribution in [-0.2, 0) is 23.2 Å². The van der Waals surface area contributed by atoms with Gasteiger partial charge in [0.05, 0.1) is 40.2 Å². The average molecular weight is 474 g/mol. The number of benzene rings is 2. The first-order valence-electron chi connectivity index (χ1n) is 9.73. The molecule has 0 fully saturated rings. The highest BCUT2D eigenvalue weighted by Gasteiger charge is 2.28. The predicted octanol–water partition coefficient (Wildman–Crippen LogP) is 2.39. The number of aliphatic hydroxyl groups is 1. The van der Waals surface area contributed by atoms with E-state index in [1.54, 1.807) is 35.1 Å². The van der Waals surface area contributed by atoms with Crippen molar-refractivity contribution in [2.75, 3.05) is 26.1 Å². The number of nitrogens with zero attached hydrogens (tertiary/aromatic N) is 3. The van der Waals surface area contributed by atoms with Crippen LogP contribution < -0.4 is 18.9 Å². The normalized spacial score (nSPS) is 11.5. The van der Waals surface area contributed by atoms with Gasteiger partial charge in [0.15, 0.2) is 16.3 Å². The average Bonchev–Trinajstić information content (AvgIpc) is 3.44. The number of methoxy groups -OCH3 is 3. The molecule has 2 aromatic carbocycles. The molecular weight excluding hydrogens is 452 g/mol. The molecule has 0 bridgehead atoms. The number of aromatic nitrogens is 3. The lowest BCUT2D eigenvalue weighted by atomic mass is 10.1. The summed E-state index contributed by atoms with van der Waals surface area (Å²) in [7, 11) is 0.0393. The van der Waals surface area contributed by atoms with Crippen LogP contribution >= 0.6 is 0 Å². The number of aliphatic hydroxyl groups excluding tert-OH is 1. The van der Waals surface area contributed by atoms with Crippen LogP contribution in [-0.4, -0.2) is 49.8 Å². The zero-order valence-electron chi connectivity index (χ0n) is 18.1. The maximum atomic E-state index is 13.2. The fourth-order valence-corrected chi connectivity index (χ4v) is 4.76. The summed E-state index contributed by atoms with van der Waals surface area (Å²) in [5, 5.41) is 17.7. The highest BCUT2D eigenvalue weighted by molar-refractivity contribution is 7.93. The Labute approximate surface area is 189 Å². The summed E-state index contributed by atoms with van der Waals surface area (Å²) < 4.78 is 51.8. The Morgan fingerprint density at radius 2 is 1.76 bits per heavy atom. The van der Waals surface area contributed by atoms with E-state index in [0.29, 0.717) is 29.0 Å². The standard InChI is InChI=1S/C21H22N4O7S/c1-29-15-5-4-6-16(30-2)20(15)33(27,28)24-21-19-17(31-3)9-13(10-18(19)32-23-21)11-25-8-7-14(12-26)22-25/h4-10,26H,11-12H2,1-3H3,(H,23,24). The predicted molar refractivity (Wildman–Crippen MR) is 118 cm³/mol. The fourth-order valence-electron chi connectivity index (χ4n) is 3.44. The third-order valence-corrected chi connectivity index (χ3v) is 6.30. The van der Waals surface area contributed by atoms with Gasteiger partial charge in [-0.2, -0.15) is 5.10 Å². The van der Waals surface area contributed by atoms with Crippen LogP contribution in [0.3, 0.4) is 0 Å². The van der Waals surface area contributed by atoms with Crippen molar-refractivity contribution in [3.8, 4) is 17.2 Å². The van der Waals surface area contributed by atoms with Crippen molar-refractivity contribution in [1.29, 1.82) is 0 Å². The van der Waals surface area contributed by atoms with Crippen LogP contribution in [0.2, 0.25) is 0 Å². The summed E-state index contributed by atoms with van der Waals surface area (Å²) in [6.07, 6.45) is 1.74. The second kappa shape index (κ2) is 9.00. The third-order valence-electron chi connectivity index (χ3n) is 4.90. The first-order chi connectivity index (χ1) is 15.9. The second-order valence-electron chi connectivity index (χ2n) is 6.96. The van der Waals surface area contributed by atoms with Gasteiger partial charge in [0.25, 0.3) is 10.0 Å². The van der Waals surface area contributed by atoms with Gasteiger partial charge in [0.1, 0.15) is 22.6 Å². The molecule has 11 nitrogen and oxygen atoms in total. The number of fused-ring (bicyclic) bond motifs is 1. The maximum Gasteiger partial charge on any atom is 0.270 e. The van der Waals surface area contributed by atoms with Gasteiger partial charge in [-0.15, -0.1) is 0 Å². The molecule has 0 atom stereocenters. The Bertz CT molecular complexity index is 1370. The largest absolute Gasteiger partial charge is 0.496 e. The number of anilines is 1. The molecule has 4 aromatic rings. The van der Waals surface area contributed by atoms with Crippen molar-refractivity contribution >= 4 is 26.8 Å². The van der Waals surface area contributed by atoms with Gasteiger partial charge in [-0.05, 0) is 35.9 Å². The van der Waals surface area contributed by atoms with Crippen molar-refractivity contribution < 1.29 is 32.3 Å². The van der Waals surface area contributed by atoms with E-state index in [2.05, 4.69) is 15.0 Å². The SMILES string of the molecule is COc1cccc(OC)c1S(=O)(=O)Nc1noc2cc(Cn3ccc(CO)n3)cc(OC)c12. The van der Waals surface area contributed by atoms with Crippen LogP contribution in [0.25, 0.3) is 11.0 Å². The molecule has 0 radical (unpaired) electrons. The molecule has 174 valence electrons. The number of rotatable bonds is 9. The summed E-state index contributed by atoms with van der Waals surface area (Å²) in [5.74, 6) is 0.557. The van der Waals surface area contributed by atoms with Crippen LogP contribution in [0.5, 0.6) is 17.2 Å². The Balaban J connectivity index is 1.72. The molecule has 2 heterocycles. The molecule has 0 saturated carbocycles. The van der Waals surface area contributed by atoms with Gasteiger partial charge < -0.3 is 23.8 Å². The van der Waals surface area contributed by atoms with Gasteiger partial charge in [-0.3, -0.25) is 9.40 Å². The van der Waals surface area contributed by atoms with Crippen molar-refractivity contribution in [2.24, 2.45) is 0 Å². The van der Waals surface area contributed by atoms with Crippen molar-refractivity contribution in [3.63, 3.8) is 0 Å². The highest BCUT2D eigenvalue weighted by Crippen LogP contribution is 2.38. The monoisotopic (exact) mass is 474 g/mol. The Kier molecular flexibility index (Phi) is 6.11. The molecule has 0 aliphatic carbocycles. The quantitative estimate of drug-likeness (QED) is 0.374. The molecule has 33 heavy (non-hydrogen) atoms. The molecule has 4 rings (SSSR count). The lowest BCUT2D eigenvalue weighted by Crippen LogP contribution is -2.15. The topological polar surface area (TPSA) is 138 Å². The van der Waals surface area contributed by atoms with Crippen LogP contribution in [0.4, 0.5) is 5.82 Å². The summed E-state index contributed by atoms with van der Waals surface area (Å²) in [6, 6.07) is 9.82. The Morgan fingerprint density at radius 3 is 2.36 bits per heavy atom. The van der Waals surface area contributed by atoms with Crippen LogP contribution in [0.1, 0.15) is 11.3 Å². The van der Waals surface area contributed by atoms with E-state index >= 15 is 0 Å². The lowest BCUT2D eigenvalue weighted by Gasteiger charge is -2.14. The summed E-state index contributed by atoms with van der Waals surface area (Å²) in [5.41, 5.74) is 1.65. The highest BCUT2D eigenvalue weighted by atomic mass is 32.2. The number of ether oxygens (including phenoxy) is 3. The third kappa shape index (κ3) is 4.30. The minimum absolute atomic E-state index is 0.0389. The summed E-state index contributed by atoms with van der Waals surface area (Å²) >= 11 is 0. The number of sulfonamides is 1. The molecule has 0 aliphatic rings. The maximum absolute atomic E-state index is 13.2. The van der Waals surface area contributed by atoms with E-state index in [4.69, 9.17) is 18.7 Å². The second-order valence-corrected chi connectivity index (χ2v) is 8.58. The van der Waals surface area contributed by atoms with Gasteiger partial charge in [0, 0.05) is 6.20 Å². The smallest absolute Gasteiger partial charge is 0.270 e. The molecular formula is C21H22N4O7S. The minimum Gasteiger partial charge on any atom is -0.496 e. The first-order valence-corrected chi connectivity index (χ1v) is 11.2. The van der Waals surface area contributed by atoms with E-state index in [9.17, 15) is 13.5 Å². The van der Waals surface area contributed by atoms with E-state index in [-0.39, 0.29) is 28.8 Å². The molecule has 0 amide bonds. The number of nitrogens with one attached hydrogen (secondary N) is 1. The van der Waals surface area contributed by atoms with Crippen LogP contribution in [0, 0.1) is 0 Å². The lowest BCUT2D eigenvalue weighted by molar-refractivity contribution is 0.275. The number of hydrogen-bond donors (Lipinski definition) is 2. The fraction of sp³-hybridized carbons (Fsp3) is 0.238. The zero-order valence-corrected chi connectivity index (χ0v) is 18.9. The van der Waals surface area contributed by atoms with Crippen molar-refractivity contribution in [2.45, 2.75) is 18.0 Å². The van der Waals surface area contributed by atoms with Gasteiger partial charge in [-0.25, -0.2) is 8.42 Å². The molecule has 0 saturated heterocycles. The van der Waals surface area contributed by atoms with Crippen molar-refractivity contribution in [3.05, 3.63) is 53.9 Å². The van der Waals surface area contributed by atoms with Gasteiger partial charge in [0.2, 0.25) is 0 Å². The van der Waals surface area contributed by atoms with E-state index in [1.807, 2.05) is 0 Å². The van der Waals surface area contributed by atoms with E-state index in [0.717, 1.165) is 5.56 Å². The minimum atomic E-state index is -4.16. The first kappa shape index (κ1) is 22.4. The zero-order chi connectivity index (χ0) is 23.6. The van der Waals surface area contributed by atoms with E-state index < -0.39 is 10.0 Å². The molecule has 2 N–H and O–H groups in total. The summed E-state index contributed by atoms with van der Waals surface area (Å²) in [6.45, 7) is 0.227. The summed E-state index contributed by atoms with van der Waals surface area (Å²) in [4.78, 5) is -0.167. The van der Waals surface area contributed by atoms with Crippen molar-refractivity contribution in [1.82, 2.24) is 14.9 Å². The van der Waals surface area contributed by atoms with Gasteiger partial charge >= 0.3 is 0 Å². The molecule has 0 aliphatic heterocycles. The Morgan fingerprint density at radius 1 is 1.06 bits per heavy atom. The number of hydrogen-bond acceptors (Lipinski definition) is 9. The molecule has 12 heteroatoms. The molecule has 0 spiro atoms.